The van der Waals surface area contributed by atoms with Crippen molar-refractivity contribution in [2.24, 2.45) is 4.99 Å². The first-order valence-corrected chi connectivity index (χ1v) is 6.30. The van der Waals surface area contributed by atoms with Crippen molar-refractivity contribution in [3.05, 3.63) is 69.4 Å². The minimum Gasteiger partial charge on any atom is -0.506 e. The molecule has 0 spiro atoms. The summed E-state index contributed by atoms with van der Waals surface area (Å²) in [5.41, 5.74) is 0.801. The van der Waals surface area contributed by atoms with E-state index in [1.54, 1.807) is 24.3 Å². The van der Waals surface area contributed by atoms with Crippen LogP contribution in [0.2, 0.25) is 0 Å². The van der Waals surface area contributed by atoms with Crippen LogP contribution in [0.1, 0.15) is 15.9 Å². The van der Waals surface area contributed by atoms with E-state index < -0.39 is 4.92 Å². The lowest BCUT2D eigenvalue weighted by Crippen LogP contribution is -1.99. The molecule has 0 bridgehead atoms. The highest BCUT2D eigenvalue weighted by atomic mass is 16.6. The number of nitro groups is 1. The van der Waals surface area contributed by atoms with Crippen molar-refractivity contribution in [2.45, 2.75) is 0 Å². The summed E-state index contributed by atoms with van der Waals surface area (Å²) in [6.07, 6.45) is 2.29. The molecular weight excluding hydrogens is 286 g/mol. The molecule has 22 heavy (non-hydrogen) atoms. The van der Waals surface area contributed by atoms with E-state index in [0.717, 1.165) is 6.20 Å². The highest BCUT2D eigenvalue weighted by Gasteiger charge is 2.27. The first kappa shape index (κ1) is 13.6. The molecule has 0 unspecified atom stereocenters. The van der Waals surface area contributed by atoms with Gasteiger partial charge in [0.15, 0.2) is 11.6 Å². The third kappa shape index (κ3) is 2.24. The number of Topliss-reactive ketones (excluding diaryl/α,β-unsaturated/α-hetero) is 1. The van der Waals surface area contributed by atoms with Gasteiger partial charge in [0.1, 0.15) is 12.0 Å². The fourth-order valence-corrected chi connectivity index (χ4v) is 2.10. The molecule has 0 atom stereocenters. The molecule has 1 aromatic heterocycles. The molecule has 0 fully saturated rings. The Hall–Kier alpha value is -3.35. The van der Waals surface area contributed by atoms with Gasteiger partial charge in [0.25, 0.3) is 5.69 Å². The van der Waals surface area contributed by atoms with Crippen LogP contribution < -0.4 is 0 Å². The van der Waals surface area contributed by atoms with Gasteiger partial charge in [-0.05, 0) is 6.07 Å². The van der Waals surface area contributed by atoms with Crippen molar-refractivity contribution >= 4 is 29.3 Å². The second-order valence-corrected chi connectivity index (χ2v) is 4.53. The van der Waals surface area contributed by atoms with Crippen LogP contribution in [0.15, 0.2) is 53.2 Å². The zero-order valence-electron chi connectivity index (χ0n) is 11.1. The van der Waals surface area contributed by atoms with Crippen molar-refractivity contribution in [2.75, 3.05) is 0 Å². The minimum atomic E-state index is -0.564. The number of aliphatic imine (C=N–C) groups is 1. The second kappa shape index (κ2) is 5.21. The van der Waals surface area contributed by atoms with Crippen LogP contribution in [0, 0.1) is 10.1 Å². The first-order chi connectivity index (χ1) is 10.6. The van der Waals surface area contributed by atoms with E-state index in [1.807, 2.05) is 0 Å². The summed E-state index contributed by atoms with van der Waals surface area (Å²) in [7, 11) is 0. The van der Waals surface area contributed by atoms with Crippen molar-refractivity contribution in [3.63, 3.8) is 0 Å². The van der Waals surface area contributed by atoms with Gasteiger partial charge in [-0.1, -0.05) is 24.3 Å². The summed E-state index contributed by atoms with van der Waals surface area (Å²) in [6.45, 7) is 0. The lowest BCUT2D eigenvalue weighted by molar-refractivity contribution is -0.385. The first-order valence-electron chi connectivity index (χ1n) is 6.30. The molecule has 0 aliphatic heterocycles. The van der Waals surface area contributed by atoms with Gasteiger partial charge in [0.2, 0.25) is 0 Å². The number of aromatic nitrogens is 1. The van der Waals surface area contributed by atoms with Crippen LogP contribution in [0.25, 0.3) is 5.76 Å². The van der Waals surface area contributed by atoms with Crippen LogP contribution in [-0.4, -0.2) is 27.0 Å². The summed E-state index contributed by atoms with van der Waals surface area (Å²) >= 11 is 0. The number of carbonyl (C=O) groups excluding carboxylic acids is 1. The average molecular weight is 295 g/mol. The number of hydrogen-bond donors (Lipinski definition) is 1. The smallest absolute Gasteiger partial charge is 0.287 e. The molecule has 0 saturated heterocycles. The number of hydrogen-bond acceptors (Lipinski definition) is 6. The quantitative estimate of drug-likeness (QED) is 0.532. The monoisotopic (exact) mass is 295 g/mol. The van der Waals surface area contributed by atoms with Gasteiger partial charge >= 0.3 is 0 Å². The van der Waals surface area contributed by atoms with Crippen molar-refractivity contribution < 1.29 is 14.8 Å². The van der Waals surface area contributed by atoms with Crippen molar-refractivity contribution in [1.29, 1.82) is 0 Å². The molecular formula is C15H9N3O4. The summed E-state index contributed by atoms with van der Waals surface area (Å²) < 4.78 is 0. The number of ketones is 1. The van der Waals surface area contributed by atoms with Gasteiger partial charge in [0.05, 0.1) is 10.5 Å². The van der Waals surface area contributed by atoms with Crippen LogP contribution in [0.5, 0.6) is 0 Å². The number of rotatable bonds is 3. The molecule has 1 aliphatic carbocycles. The Labute approximate surface area is 124 Å². The molecule has 7 nitrogen and oxygen atoms in total. The molecule has 108 valence electrons. The molecule has 2 aromatic rings. The summed E-state index contributed by atoms with van der Waals surface area (Å²) in [5.74, 6) is -0.250. The Bertz CT molecular complexity index is 838. The van der Waals surface area contributed by atoms with Crippen molar-refractivity contribution in [3.8, 4) is 0 Å². The second-order valence-electron chi connectivity index (χ2n) is 4.53. The van der Waals surface area contributed by atoms with Gasteiger partial charge in [-0.15, -0.1) is 0 Å². The van der Waals surface area contributed by atoms with Gasteiger partial charge in [-0.25, -0.2) is 9.98 Å². The number of pyridine rings is 1. The fourth-order valence-electron chi connectivity index (χ4n) is 2.10. The fraction of sp³-hybridized carbons (Fsp3) is 0. The van der Waals surface area contributed by atoms with E-state index in [1.165, 1.54) is 18.3 Å². The molecule has 1 aliphatic rings. The van der Waals surface area contributed by atoms with Crippen LogP contribution in [-0.2, 0) is 0 Å². The number of allylic oxidation sites excluding steroid dienone is 1. The summed E-state index contributed by atoms with van der Waals surface area (Å²) in [5, 5.41) is 20.6. The lowest BCUT2D eigenvalue weighted by Gasteiger charge is -1.95. The molecule has 0 saturated carbocycles. The maximum absolute atomic E-state index is 12.2. The maximum atomic E-state index is 12.2. The lowest BCUT2D eigenvalue weighted by atomic mass is 10.1. The third-order valence-electron chi connectivity index (χ3n) is 3.20. The van der Waals surface area contributed by atoms with Gasteiger partial charge in [-0.2, -0.15) is 0 Å². The number of aliphatic hydroxyl groups excluding tert-OH is 1. The Kier molecular flexibility index (Phi) is 3.23. The highest BCUT2D eigenvalue weighted by molar-refractivity contribution is 6.30. The van der Waals surface area contributed by atoms with Gasteiger partial charge in [0, 0.05) is 23.4 Å². The molecule has 3 rings (SSSR count). The zero-order valence-corrected chi connectivity index (χ0v) is 11.1. The highest BCUT2D eigenvalue weighted by Crippen LogP contribution is 2.30. The number of benzene rings is 1. The van der Waals surface area contributed by atoms with Crippen molar-refractivity contribution in [1.82, 2.24) is 4.98 Å². The van der Waals surface area contributed by atoms with E-state index in [4.69, 9.17) is 0 Å². The van der Waals surface area contributed by atoms with Crippen LogP contribution >= 0.6 is 0 Å². The standard InChI is InChI=1S/C15H9N3O4/c19-14-10-3-1-2-4-11(10)15(20)12(14)8-17-13-6-5-9(7-16-13)18(21)22/h1-8,19H. The van der Waals surface area contributed by atoms with E-state index in [-0.39, 0.29) is 28.6 Å². The zero-order chi connectivity index (χ0) is 15.7. The Morgan fingerprint density at radius 2 is 1.91 bits per heavy atom. The number of carbonyl (C=O) groups is 1. The van der Waals surface area contributed by atoms with E-state index >= 15 is 0 Å². The SMILES string of the molecule is O=C1C(C=Nc2ccc([N+](=O)[O-])cn2)=C(O)c2ccccc21. The largest absolute Gasteiger partial charge is 0.506 e. The van der Waals surface area contributed by atoms with Gasteiger partial charge in [-0.3, -0.25) is 14.9 Å². The predicted octanol–water partition coefficient (Wildman–Crippen LogP) is 2.86. The van der Waals surface area contributed by atoms with E-state index in [0.29, 0.717) is 11.1 Å². The Morgan fingerprint density at radius 1 is 1.18 bits per heavy atom. The third-order valence-corrected chi connectivity index (χ3v) is 3.20. The number of fused-ring (bicyclic) bond motifs is 1. The average Bonchev–Trinajstić information content (AvgIpc) is 2.78. The Balaban J connectivity index is 1.89. The summed E-state index contributed by atoms with van der Waals surface area (Å²) in [6, 6.07) is 9.33. The topological polar surface area (TPSA) is 106 Å². The Morgan fingerprint density at radius 3 is 2.50 bits per heavy atom. The van der Waals surface area contributed by atoms with Crippen LogP contribution in [0.4, 0.5) is 11.5 Å². The molecule has 0 amide bonds. The minimum absolute atomic E-state index is 0.0707. The van der Waals surface area contributed by atoms with E-state index in [2.05, 4.69) is 9.98 Å². The number of nitrogens with zero attached hydrogens (tertiary/aromatic N) is 3. The predicted molar refractivity (Wildman–Crippen MR) is 79.4 cm³/mol. The molecule has 1 heterocycles. The molecule has 1 aromatic carbocycles. The maximum Gasteiger partial charge on any atom is 0.287 e. The number of aliphatic hydroxyl groups is 1. The normalized spacial score (nSPS) is 13.7. The molecule has 7 heteroatoms. The summed E-state index contributed by atoms with van der Waals surface area (Å²) in [4.78, 5) is 29.9. The van der Waals surface area contributed by atoms with Gasteiger partial charge < -0.3 is 5.11 Å². The van der Waals surface area contributed by atoms with E-state index in [9.17, 15) is 20.0 Å². The van der Waals surface area contributed by atoms with Crippen LogP contribution in [0.3, 0.4) is 0 Å². The molecule has 1 N–H and O–H groups in total. The molecule has 0 radical (unpaired) electrons.